The average molecular weight is 404 g/mol. The van der Waals surface area contributed by atoms with Crippen LogP contribution in [0.2, 0.25) is 0 Å². The lowest BCUT2D eigenvalue weighted by atomic mass is 10.0. The van der Waals surface area contributed by atoms with Crippen molar-refractivity contribution in [2.24, 2.45) is 11.7 Å². The predicted molar refractivity (Wildman–Crippen MR) is 108 cm³/mol. The molecule has 28 heavy (non-hydrogen) atoms. The molecule has 1 aromatic carbocycles. The van der Waals surface area contributed by atoms with E-state index in [1.165, 1.54) is 11.8 Å². The van der Waals surface area contributed by atoms with Crippen LogP contribution in [0.4, 0.5) is 0 Å². The van der Waals surface area contributed by atoms with Crippen molar-refractivity contribution in [2.45, 2.75) is 31.6 Å². The molecule has 0 radical (unpaired) electrons. The van der Waals surface area contributed by atoms with Crippen LogP contribution in [0.5, 0.6) is 5.75 Å². The summed E-state index contributed by atoms with van der Waals surface area (Å²) in [6.07, 6.45) is 1.71. The molecule has 0 saturated heterocycles. The summed E-state index contributed by atoms with van der Waals surface area (Å²) in [5.41, 5.74) is 5.74. The van der Waals surface area contributed by atoms with E-state index >= 15 is 0 Å². The van der Waals surface area contributed by atoms with E-state index in [9.17, 15) is 9.59 Å². The molecule has 0 fully saturated rings. The van der Waals surface area contributed by atoms with E-state index in [0.717, 1.165) is 0 Å². The second kappa shape index (κ2) is 9.93. The number of ether oxygens (including phenoxy) is 1. The molecule has 2 aromatic rings. The quantitative estimate of drug-likeness (QED) is 0.464. The topological polar surface area (TPSA) is 112 Å². The summed E-state index contributed by atoms with van der Waals surface area (Å²) in [6, 6.07) is 6.50. The Kier molecular flexibility index (Phi) is 7.62. The highest BCUT2D eigenvalue weighted by Crippen LogP contribution is 2.25. The van der Waals surface area contributed by atoms with Crippen molar-refractivity contribution in [1.82, 2.24) is 20.1 Å². The van der Waals surface area contributed by atoms with Crippen molar-refractivity contribution in [3.8, 4) is 5.75 Å². The molecule has 3 N–H and O–H groups in total. The van der Waals surface area contributed by atoms with Gasteiger partial charge in [0.1, 0.15) is 5.75 Å². The summed E-state index contributed by atoms with van der Waals surface area (Å²) < 4.78 is 6.96. The van der Waals surface area contributed by atoms with Gasteiger partial charge in [0.2, 0.25) is 5.91 Å². The van der Waals surface area contributed by atoms with Crippen molar-refractivity contribution in [2.75, 3.05) is 12.9 Å². The van der Waals surface area contributed by atoms with Crippen molar-refractivity contribution in [3.05, 3.63) is 48.3 Å². The lowest BCUT2D eigenvalue weighted by molar-refractivity contribution is -0.115. The highest BCUT2D eigenvalue weighted by Gasteiger charge is 2.26. The average Bonchev–Trinajstić information content (AvgIpc) is 3.06. The Morgan fingerprint density at radius 2 is 2.00 bits per heavy atom. The Morgan fingerprint density at radius 3 is 2.54 bits per heavy atom. The van der Waals surface area contributed by atoms with Gasteiger partial charge in [-0.3, -0.25) is 9.59 Å². The minimum Gasteiger partial charge on any atom is -0.497 e. The van der Waals surface area contributed by atoms with Crippen molar-refractivity contribution < 1.29 is 14.3 Å². The summed E-state index contributed by atoms with van der Waals surface area (Å²) in [6.45, 7) is 8.19. The number of methoxy groups -OCH3 is 1. The molecule has 0 aliphatic rings. The van der Waals surface area contributed by atoms with Crippen molar-refractivity contribution >= 4 is 23.6 Å². The number of benzene rings is 1. The second-order valence-electron chi connectivity index (χ2n) is 6.42. The summed E-state index contributed by atoms with van der Waals surface area (Å²) >= 11 is 1.20. The van der Waals surface area contributed by atoms with Gasteiger partial charge in [-0.25, -0.2) is 0 Å². The van der Waals surface area contributed by atoms with Gasteiger partial charge in [0.15, 0.2) is 11.0 Å². The Labute approximate surface area is 168 Å². The second-order valence-corrected chi connectivity index (χ2v) is 7.36. The van der Waals surface area contributed by atoms with Gasteiger partial charge in [-0.05, 0) is 30.2 Å². The SMILES string of the molecule is C=CCn1c(SCC(N)=O)nnc1[C@H](NC(=O)c1ccc(OC)cc1)C(C)C. The van der Waals surface area contributed by atoms with Gasteiger partial charge < -0.3 is 20.4 Å². The van der Waals surface area contributed by atoms with Crippen LogP contribution in [-0.4, -0.2) is 39.4 Å². The first-order valence-corrected chi connectivity index (χ1v) is 9.76. The Morgan fingerprint density at radius 1 is 1.32 bits per heavy atom. The number of rotatable bonds is 10. The molecule has 0 aliphatic carbocycles. The zero-order chi connectivity index (χ0) is 20.7. The van der Waals surface area contributed by atoms with E-state index in [4.69, 9.17) is 10.5 Å². The maximum Gasteiger partial charge on any atom is 0.251 e. The van der Waals surface area contributed by atoms with Crippen LogP contribution < -0.4 is 15.8 Å². The number of thioether (sulfide) groups is 1. The molecule has 150 valence electrons. The summed E-state index contributed by atoms with van der Waals surface area (Å²) in [7, 11) is 1.57. The molecule has 2 amide bonds. The monoisotopic (exact) mass is 403 g/mol. The number of nitrogens with zero attached hydrogens (tertiary/aromatic N) is 3. The van der Waals surface area contributed by atoms with Crippen LogP contribution in [-0.2, 0) is 11.3 Å². The van der Waals surface area contributed by atoms with Gasteiger partial charge in [-0.15, -0.1) is 16.8 Å². The Balaban J connectivity index is 2.28. The number of carbonyl (C=O) groups is 2. The van der Waals surface area contributed by atoms with Crippen molar-refractivity contribution in [3.63, 3.8) is 0 Å². The maximum atomic E-state index is 12.7. The van der Waals surface area contributed by atoms with Gasteiger partial charge in [0, 0.05) is 12.1 Å². The number of hydrogen-bond acceptors (Lipinski definition) is 6. The van der Waals surface area contributed by atoms with Crippen LogP contribution in [0.15, 0.2) is 42.1 Å². The molecule has 1 atom stereocenters. The Bertz CT molecular complexity index is 833. The number of carbonyl (C=O) groups excluding carboxylic acids is 2. The fourth-order valence-electron chi connectivity index (χ4n) is 2.57. The standard InChI is InChI=1S/C19H25N5O3S/c1-5-10-24-17(22-23-19(24)28-11-15(20)25)16(12(2)3)21-18(26)13-6-8-14(27-4)9-7-13/h5-9,12,16H,1,10-11H2,2-4H3,(H2,20,25)(H,21,26)/t16-/m1/s1. The van der Waals surface area contributed by atoms with E-state index in [2.05, 4.69) is 22.1 Å². The number of hydrogen-bond donors (Lipinski definition) is 2. The van der Waals surface area contributed by atoms with Crippen LogP contribution >= 0.6 is 11.8 Å². The number of allylic oxidation sites excluding steroid dienone is 1. The first kappa shape index (κ1) is 21.5. The molecule has 9 heteroatoms. The Hall–Kier alpha value is -2.81. The summed E-state index contributed by atoms with van der Waals surface area (Å²) in [5, 5.41) is 12.0. The molecule has 2 rings (SSSR count). The number of nitrogens with two attached hydrogens (primary N) is 1. The summed E-state index contributed by atoms with van der Waals surface area (Å²) in [4.78, 5) is 23.8. The minimum atomic E-state index is -0.437. The van der Waals surface area contributed by atoms with E-state index in [-0.39, 0.29) is 23.6 Å². The maximum absolute atomic E-state index is 12.7. The van der Waals surface area contributed by atoms with E-state index in [1.54, 1.807) is 37.5 Å². The molecular formula is C19H25N5O3S. The van der Waals surface area contributed by atoms with E-state index in [1.807, 2.05) is 18.4 Å². The zero-order valence-corrected chi connectivity index (χ0v) is 17.0. The van der Waals surface area contributed by atoms with E-state index in [0.29, 0.717) is 28.8 Å². The highest BCUT2D eigenvalue weighted by atomic mass is 32.2. The highest BCUT2D eigenvalue weighted by molar-refractivity contribution is 7.99. The number of aromatic nitrogens is 3. The first-order chi connectivity index (χ1) is 13.4. The number of nitrogens with one attached hydrogen (secondary N) is 1. The third-order valence-corrected chi connectivity index (χ3v) is 4.97. The third kappa shape index (κ3) is 5.35. The van der Waals surface area contributed by atoms with Gasteiger partial charge in [0.05, 0.1) is 18.9 Å². The normalized spacial score (nSPS) is 11.9. The molecule has 0 spiro atoms. The smallest absolute Gasteiger partial charge is 0.251 e. The summed E-state index contributed by atoms with van der Waals surface area (Å²) in [5.74, 6) is 0.778. The molecule has 8 nitrogen and oxygen atoms in total. The molecule has 0 bridgehead atoms. The fourth-order valence-corrected chi connectivity index (χ4v) is 3.26. The molecule has 0 unspecified atom stereocenters. The number of amides is 2. The van der Waals surface area contributed by atoms with Gasteiger partial charge in [-0.1, -0.05) is 31.7 Å². The molecule has 0 aliphatic heterocycles. The van der Waals surface area contributed by atoms with Crippen LogP contribution in [0, 0.1) is 5.92 Å². The predicted octanol–water partition coefficient (Wildman–Crippen LogP) is 2.18. The minimum absolute atomic E-state index is 0.0592. The van der Waals surface area contributed by atoms with Gasteiger partial charge >= 0.3 is 0 Å². The van der Waals surface area contributed by atoms with Gasteiger partial charge in [-0.2, -0.15) is 0 Å². The van der Waals surface area contributed by atoms with Crippen LogP contribution in [0.3, 0.4) is 0 Å². The largest absolute Gasteiger partial charge is 0.497 e. The van der Waals surface area contributed by atoms with Crippen LogP contribution in [0.1, 0.15) is 36.1 Å². The fraction of sp³-hybridized carbons (Fsp3) is 0.368. The lowest BCUT2D eigenvalue weighted by Gasteiger charge is -2.22. The number of primary amides is 1. The van der Waals surface area contributed by atoms with Crippen LogP contribution in [0.25, 0.3) is 0 Å². The van der Waals surface area contributed by atoms with Gasteiger partial charge in [0.25, 0.3) is 5.91 Å². The first-order valence-electron chi connectivity index (χ1n) is 8.77. The molecular weight excluding hydrogens is 378 g/mol. The zero-order valence-electron chi connectivity index (χ0n) is 16.2. The molecule has 0 saturated carbocycles. The third-order valence-electron chi connectivity index (χ3n) is 3.98. The van der Waals surface area contributed by atoms with E-state index < -0.39 is 5.91 Å². The molecule has 1 aromatic heterocycles. The molecule has 1 heterocycles. The van der Waals surface area contributed by atoms with Crippen molar-refractivity contribution in [1.29, 1.82) is 0 Å². The lowest BCUT2D eigenvalue weighted by Crippen LogP contribution is -2.33.